The maximum absolute atomic E-state index is 9.02. The first-order valence-corrected chi connectivity index (χ1v) is 3.80. The van der Waals surface area contributed by atoms with E-state index < -0.39 is 0 Å². The summed E-state index contributed by atoms with van der Waals surface area (Å²) in [5.41, 5.74) is 2.68. The van der Waals surface area contributed by atoms with Crippen molar-refractivity contribution in [2.24, 2.45) is 0 Å². The first-order valence-electron chi connectivity index (χ1n) is 3.80. The number of rotatable bonds is 2. The predicted octanol–water partition coefficient (Wildman–Crippen LogP) is 1.68. The fraction of sp³-hybridized carbons (Fsp3) is 0.300. The van der Waals surface area contributed by atoms with Gasteiger partial charge in [-0.3, -0.25) is 0 Å². The third-order valence-electron chi connectivity index (χ3n) is 2.02. The summed E-state index contributed by atoms with van der Waals surface area (Å²) >= 11 is 0. The summed E-state index contributed by atoms with van der Waals surface area (Å²) in [7, 11) is 1.62. The Kier molecular flexibility index (Phi) is 2.71. The molecule has 1 rings (SSSR count). The number of hydrogen-bond donors (Lipinski definition) is 1. The van der Waals surface area contributed by atoms with Crippen LogP contribution in [-0.2, 0) is 6.61 Å². The highest BCUT2D eigenvalue weighted by Gasteiger charge is 2.05. The number of aliphatic hydroxyl groups is 1. The highest BCUT2D eigenvalue weighted by Crippen LogP contribution is 2.23. The van der Waals surface area contributed by atoms with Gasteiger partial charge in [-0.15, -0.1) is 0 Å². The lowest BCUT2D eigenvalue weighted by Gasteiger charge is -2.10. The molecule has 2 heteroatoms. The van der Waals surface area contributed by atoms with Crippen LogP contribution in [0.1, 0.15) is 16.7 Å². The molecule has 0 aromatic heterocycles. The average molecular weight is 165 g/mol. The van der Waals surface area contributed by atoms with Gasteiger partial charge in [-0.1, -0.05) is 6.07 Å². The fourth-order valence-electron chi connectivity index (χ4n) is 1.23. The molecule has 65 valence electrons. The van der Waals surface area contributed by atoms with E-state index in [1.165, 1.54) is 0 Å². The highest BCUT2D eigenvalue weighted by molar-refractivity contribution is 5.45. The van der Waals surface area contributed by atoms with Crippen LogP contribution in [0.4, 0.5) is 0 Å². The molecular weight excluding hydrogens is 152 g/mol. The SMILES string of the molecule is [CH2]c1ccc(OC)c(C)c1CO. The zero-order valence-corrected chi connectivity index (χ0v) is 7.42. The minimum Gasteiger partial charge on any atom is -0.496 e. The Morgan fingerprint density at radius 2 is 2.17 bits per heavy atom. The van der Waals surface area contributed by atoms with Crippen LogP contribution in [0.5, 0.6) is 5.75 Å². The Labute approximate surface area is 72.8 Å². The molecule has 12 heavy (non-hydrogen) atoms. The topological polar surface area (TPSA) is 29.5 Å². The van der Waals surface area contributed by atoms with Crippen molar-refractivity contribution in [3.05, 3.63) is 35.7 Å². The quantitative estimate of drug-likeness (QED) is 0.722. The van der Waals surface area contributed by atoms with Gasteiger partial charge < -0.3 is 9.84 Å². The van der Waals surface area contributed by atoms with Crippen LogP contribution >= 0.6 is 0 Å². The Hall–Kier alpha value is -1.02. The normalized spacial score (nSPS) is 10.0. The third kappa shape index (κ3) is 1.43. The van der Waals surface area contributed by atoms with Gasteiger partial charge in [0.05, 0.1) is 13.7 Å². The van der Waals surface area contributed by atoms with E-state index >= 15 is 0 Å². The van der Waals surface area contributed by atoms with Gasteiger partial charge >= 0.3 is 0 Å². The molecule has 0 saturated carbocycles. The van der Waals surface area contributed by atoms with Crippen LogP contribution in [0.2, 0.25) is 0 Å². The van der Waals surface area contributed by atoms with Crippen molar-refractivity contribution < 1.29 is 9.84 Å². The van der Waals surface area contributed by atoms with Crippen molar-refractivity contribution in [3.63, 3.8) is 0 Å². The molecule has 0 bridgehead atoms. The van der Waals surface area contributed by atoms with Crippen LogP contribution in [-0.4, -0.2) is 12.2 Å². The maximum Gasteiger partial charge on any atom is 0.122 e. The largest absolute Gasteiger partial charge is 0.496 e. The van der Waals surface area contributed by atoms with E-state index in [0.717, 1.165) is 22.4 Å². The van der Waals surface area contributed by atoms with Crippen molar-refractivity contribution >= 4 is 0 Å². The van der Waals surface area contributed by atoms with Crippen LogP contribution in [0, 0.1) is 13.8 Å². The average Bonchev–Trinajstić information content (AvgIpc) is 2.06. The van der Waals surface area contributed by atoms with Gasteiger partial charge in [-0.2, -0.15) is 0 Å². The van der Waals surface area contributed by atoms with Gasteiger partial charge in [0.25, 0.3) is 0 Å². The van der Waals surface area contributed by atoms with Gasteiger partial charge in [0.1, 0.15) is 5.75 Å². The highest BCUT2D eigenvalue weighted by atomic mass is 16.5. The smallest absolute Gasteiger partial charge is 0.122 e. The summed E-state index contributed by atoms with van der Waals surface area (Å²) in [6.45, 7) is 5.74. The van der Waals surface area contributed by atoms with E-state index in [2.05, 4.69) is 6.92 Å². The molecule has 0 heterocycles. The van der Waals surface area contributed by atoms with Crippen molar-refractivity contribution in [3.8, 4) is 5.75 Å². The number of methoxy groups -OCH3 is 1. The van der Waals surface area contributed by atoms with E-state index in [1.54, 1.807) is 7.11 Å². The van der Waals surface area contributed by atoms with E-state index in [4.69, 9.17) is 9.84 Å². The molecule has 1 N–H and O–H groups in total. The molecule has 2 nitrogen and oxygen atoms in total. The standard InChI is InChI=1S/C10H13O2/c1-7-4-5-10(12-3)8(2)9(7)6-11/h4-5,11H,1,6H2,2-3H3. The number of hydrogen-bond acceptors (Lipinski definition) is 2. The number of benzene rings is 1. The Morgan fingerprint density at radius 1 is 1.50 bits per heavy atom. The molecule has 0 atom stereocenters. The summed E-state index contributed by atoms with van der Waals surface area (Å²) in [4.78, 5) is 0. The van der Waals surface area contributed by atoms with Crippen molar-refractivity contribution in [1.29, 1.82) is 0 Å². The molecule has 0 aliphatic heterocycles. The van der Waals surface area contributed by atoms with Gasteiger partial charge in [0, 0.05) is 0 Å². The van der Waals surface area contributed by atoms with Gasteiger partial charge in [-0.05, 0) is 36.6 Å². The van der Waals surface area contributed by atoms with Crippen molar-refractivity contribution in [2.45, 2.75) is 13.5 Å². The lowest BCUT2D eigenvalue weighted by atomic mass is 10.0. The summed E-state index contributed by atoms with van der Waals surface area (Å²) < 4.78 is 5.10. The molecule has 0 amide bonds. The molecule has 0 unspecified atom stereocenters. The van der Waals surface area contributed by atoms with Crippen LogP contribution in [0.15, 0.2) is 12.1 Å². The summed E-state index contributed by atoms with van der Waals surface area (Å²) in [5, 5.41) is 9.02. The Bertz CT molecular complexity index is 279. The molecule has 0 fully saturated rings. The Morgan fingerprint density at radius 3 is 2.67 bits per heavy atom. The van der Waals surface area contributed by atoms with Gasteiger partial charge in [0.15, 0.2) is 0 Å². The van der Waals surface area contributed by atoms with Crippen LogP contribution in [0.3, 0.4) is 0 Å². The number of ether oxygens (including phenoxy) is 1. The van der Waals surface area contributed by atoms with Gasteiger partial charge in [-0.25, -0.2) is 0 Å². The monoisotopic (exact) mass is 165 g/mol. The second-order valence-electron chi connectivity index (χ2n) is 2.69. The molecule has 1 aromatic rings. The molecular formula is C10H13O2. The van der Waals surface area contributed by atoms with Crippen molar-refractivity contribution in [1.82, 2.24) is 0 Å². The fourth-order valence-corrected chi connectivity index (χ4v) is 1.23. The number of aliphatic hydroxyl groups excluding tert-OH is 1. The lowest BCUT2D eigenvalue weighted by Crippen LogP contribution is -1.96. The zero-order chi connectivity index (χ0) is 9.14. The van der Waals surface area contributed by atoms with E-state index in [0.29, 0.717) is 0 Å². The van der Waals surface area contributed by atoms with E-state index in [9.17, 15) is 0 Å². The van der Waals surface area contributed by atoms with E-state index in [-0.39, 0.29) is 6.61 Å². The van der Waals surface area contributed by atoms with E-state index in [1.807, 2.05) is 19.1 Å². The van der Waals surface area contributed by atoms with Crippen LogP contribution < -0.4 is 4.74 Å². The first kappa shape index (κ1) is 9.07. The lowest BCUT2D eigenvalue weighted by molar-refractivity contribution is 0.279. The molecule has 1 aromatic carbocycles. The molecule has 0 aliphatic carbocycles. The molecule has 1 radical (unpaired) electrons. The zero-order valence-electron chi connectivity index (χ0n) is 7.42. The predicted molar refractivity (Wildman–Crippen MR) is 48.1 cm³/mol. The van der Waals surface area contributed by atoms with Crippen LogP contribution in [0.25, 0.3) is 0 Å². The molecule has 0 spiro atoms. The summed E-state index contributed by atoms with van der Waals surface area (Å²) in [6.07, 6.45) is 0. The Balaban J connectivity index is 3.24. The second kappa shape index (κ2) is 3.59. The third-order valence-corrected chi connectivity index (χ3v) is 2.02. The molecule has 0 aliphatic rings. The second-order valence-corrected chi connectivity index (χ2v) is 2.69. The van der Waals surface area contributed by atoms with Gasteiger partial charge in [0.2, 0.25) is 0 Å². The molecule has 0 saturated heterocycles. The minimum absolute atomic E-state index is 0.0157. The van der Waals surface area contributed by atoms with Crippen molar-refractivity contribution in [2.75, 3.05) is 7.11 Å². The summed E-state index contributed by atoms with van der Waals surface area (Å²) in [6, 6.07) is 3.70. The summed E-state index contributed by atoms with van der Waals surface area (Å²) in [5.74, 6) is 0.798. The first-order chi connectivity index (χ1) is 5.70. The maximum atomic E-state index is 9.02. The minimum atomic E-state index is 0.0157.